The molecule has 6 heteroatoms. The van der Waals surface area contributed by atoms with Crippen molar-refractivity contribution in [1.82, 2.24) is 14.7 Å². The average Bonchev–Trinajstić information content (AvgIpc) is 2.55. The van der Waals surface area contributed by atoms with Crippen LogP contribution in [0.15, 0.2) is 0 Å². The molecule has 0 aromatic rings. The largest absolute Gasteiger partial charge is 0.412 e. The minimum atomic E-state index is 0. The molecule has 24 heavy (non-hydrogen) atoms. The maximum absolute atomic E-state index is 12.1. The van der Waals surface area contributed by atoms with Crippen molar-refractivity contribution in [1.29, 1.82) is 0 Å². The molecule has 0 radical (unpaired) electrons. The lowest BCUT2D eigenvalue weighted by Crippen LogP contribution is -2.54. The molecule has 0 saturated carbocycles. The molecule has 2 rings (SSSR count). The van der Waals surface area contributed by atoms with Crippen molar-refractivity contribution in [2.24, 2.45) is 11.8 Å². The van der Waals surface area contributed by atoms with Crippen LogP contribution in [0, 0.1) is 11.8 Å². The van der Waals surface area contributed by atoms with Crippen LogP contribution in [0.5, 0.6) is 0 Å². The summed E-state index contributed by atoms with van der Waals surface area (Å²) in [5.41, 5.74) is 0. The van der Waals surface area contributed by atoms with Gasteiger partial charge in [-0.2, -0.15) is 0 Å². The molecular weight excluding hydrogens is 306 g/mol. The van der Waals surface area contributed by atoms with Gasteiger partial charge in [0.15, 0.2) is 0 Å². The number of rotatable bonds is 5. The lowest BCUT2D eigenvalue weighted by Gasteiger charge is -2.43. The van der Waals surface area contributed by atoms with Crippen molar-refractivity contribution < 1.29 is 15.1 Å². The Hall–Kier alpha value is -0.980. The van der Waals surface area contributed by atoms with Crippen LogP contribution in [0.3, 0.4) is 0 Å². The number of hydrogen-bond donors (Lipinski definition) is 0. The van der Waals surface area contributed by atoms with Gasteiger partial charge >= 0.3 is 0 Å². The molecule has 2 aliphatic heterocycles. The number of nitrogens with zero attached hydrogens (tertiary/aromatic N) is 3. The second-order valence-corrected chi connectivity index (χ2v) is 7.64. The fourth-order valence-electron chi connectivity index (χ4n) is 3.51. The maximum Gasteiger partial charge on any atom is 0.225 e. The van der Waals surface area contributed by atoms with Crippen molar-refractivity contribution in [3.8, 4) is 0 Å². The number of hydrogen-bond acceptors (Lipinski definition) is 4. The Kier molecular flexibility index (Phi) is 8.33. The first-order chi connectivity index (χ1) is 10.9. The number of piperazine rings is 1. The van der Waals surface area contributed by atoms with Crippen molar-refractivity contribution in [3.05, 3.63) is 0 Å². The summed E-state index contributed by atoms with van der Waals surface area (Å²) in [5.74, 6) is 0.879. The topological polar surface area (TPSA) is 75.4 Å². The Morgan fingerprint density at radius 2 is 1.42 bits per heavy atom. The molecule has 2 fully saturated rings. The van der Waals surface area contributed by atoms with Gasteiger partial charge in [-0.1, -0.05) is 27.7 Å². The highest BCUT2D eigenvalue weighted by atomic mass is 16.2. The molecule has 2 saturated heterocycles. The summed E-state index contributed by atoms with van der Waals surface area (Å²) in [6.07, 6.45) is 2.17. The van der Waals surface area contributed by atoms with E-state index in [9.17, 15) is 9.59 Å². The number of ketones is 1. The lowest BCUT2D eigenvalue weighted by molar-refractivity contribution is -0.136. The highest BCUT2D eigenvalue weighted by Gasteiger charge is 2.30. The average molecular weight is 341 g/mol. The zero-order chi connectivity index (χ0) is 17.0. The Morgan fingerprint density at radius 3 is 1.88 bits per heavy atom. The van der Waals surface area contributed by atoms with Crippen molar-refractivity contribution >= 4 is 11.7 Å². The Morgan fingerprint density at radius 1 is 0.875 bits per heavy atom. The van der Waals surface area contributed by atoms with Gasteiger partial charge in [0.1, 0.15) is 5.78 Å². The Balaban J connectivity index is 0.00000288. The molecule has 2 N–H and O–H groups in total. The number of amides is 1. The Bertz CT molecular complexity index is 410. The minimum absolute atomic E-state index is 0. The van der Waals surface area contributed by atoms with Gasteiger partial charge in [-0.15, -0.1) is 0 Å². The molecule has 0 aromatic heterocycles. The third-order valence-corrected chi connectivity index (χ3v) is 5.22. The SMILES string of the molecule is CC(C)C(=O)CN1CCN(C2CCN(C(=O)C(C)C)CC2)CC1.O. The van der Waals surface area contributed by atoms with Crippen molar-refractivity contribution in [3.63, 3.8) is 0 Å². The molecule has 0 aliphatic carbocycles. The van der Waals surface area contributed by atoms with Crippen LogP contribution in [0.25, 0.3) is 0 Å². The van der Waals surface area contributed by atoms with Gasteiger partial charge in [0.05, 0.1) is 6.54 Å². The van der Waals surface area contributed by atoms with Crippen molar-refractivity contribution in [2.75, 3.05) is 45.8 Å². The maximum atomic E-state index is 12.1. The monoisotopic (exact) mass is 341 g/mol. The normalized spacial score (nSPS) is 21.2. The number of likely N-dealkylation sites (tertiary alicyclic amines) is 1. The molecule has 0 spiro atoms. The van der Waals surface area contributed by atoms with Gasteiger partial charge in [-0.3, -0.25) is 19.4 Å². The number of piperidine rings is 1. The van der Waals surface area contributed by atoms with E-state index >= 15 is 0 Å². The van der Waals surface area contributed by atoms with Crippen LogP contribution in [0.2, 0.25) is 0 Å². The molecule has 140 valence electrons. The molecule has 2 aliphatic rings. The molecule has 2 heterocycles. The Labute approximate surface area is 146 Å². The molecule has 0 aromatic carbocycles. The summed E-state index contributed by atoms with van der Waals surface area (Å²) >= 11 is 0. The van der Waals surface area contributed by atoms with E-state index in [2.05, 4.69) is 9.80 Å². The zero-order valence-corrected chi connectivity index (χ0v) is 15.8. The summed E-state index contributed by atoms with van der Waals surface area (Å²) in [6.45, 7) is 14.4. The van der Waals surface area contributed by atoms with E-state index in [0.717, 1.165) is 52.1 Å². The summed E-state index contributed by atoms with van der Waals surface area (Å²) in [7, 11) is 0. The molecule has 6 nitrogen and oxygen atoms in total. The first kappa shape index (κ1) is 21.1. The predicted molar refractivity (Wildman–Crippen MR) is 95.9 cm³/mol. The van der Waals surface area contributed by atoms with Gasteiger partial charge in [0, 0.05) is 57.1 Å². The van der Waals surface area contributed by atoms with Crippen LogP contribution >= 0.6 is 0 Å². The van der Waals surface area contributed by atoms with Gasteiger partial charge in [0.25, 0.3) is 0 Å². The van der Waals surface area contributed by atoms with Crippen LogP contribution < -0.4 is 0 Å². The van der Waals surface area contributed by atoms with Crippen LogP contribution in [-0.4, -0.2) is 83.7 Å². The van der Waals surface area contributed by atoms with E-state index in [1.807, 2.05) is 32.6 Å². The number of carbonyl (C=O) groups is 2. The molecular formula is C18H35N3O3. The summed E-state index contributed by atoms with van der Waals surface area (Å²) in [6, 6.07) is 0.606. The van der Waals surface area contributed by atoms with Crippen LogP contribution in [-0.2, 0) is 9.59 Å². The fourth-order valence-corrected chi connectivity index (χ4v) is 3.51. The van der Waals surface area contributed by atoms with E-state index in [4.69, 9.17) is 0 Å². The minimum Gasteiger partial charge on any atom is -0.412 e. The van der Waals surface area contributed by atoms with Crippen LogP contribution in [0.4, 0.5) is 0 Å². The highest BCUT2D eigenvalue weighted by molar-refractivity contribution is 5.82. The molecule has 0 unspecified atom stereocenters. The van der Waals surface area contributed by atoms with E-state index in [1.54, 1.807) is 0 Å². The molecule has 1 amide bonds. The van der Waals surface area contributed by atoms with Crippen LogP contribution in [0.1, 0.15) is 40.5 Å². The summed E-state index contributed by atoms with van der Waals surface area (Å²) in [5, 5.41) is 0. The second-order valence-electron chi connectivity index (χ2n) is 7.64. The van der Waals surface area contributed by atoms with Gasteiger partial charge in [-0.05, 0) is 12.8 Å². The van der Waals surface area contributed by atoms with E-state index in [0.29, 0.717) is 24.3 Å². The number of carbonyl (C=O) groups excluding carboxylic acids is 2. The predicted octanol–water partition coefficient (Wildman–Crippen LogP) is 0.651. The van der Waals surface area contributed by atoms with E-state index in [-0.39, 0.29) is 17.3 Å². The standard InChI is InChI=1S/C18H33N3O2.H2O/c1-14(2)17(22)13-19-9-11-20(12-10-19)16-5-7-21(8-6-16)18(23)15(3)4;/h14-16H,5-13H2,1-4H3;1H2. The highest BCUT2D eigenvalue weighted by Crippen LogP contribution is 2.19. The van der Waals surface area contributed by atoms with Gasteiger partial charge < -0.3 is 10.4 Å². The first-order valence-corrected chi connectivity index (χ1v) is 9.16. The molecule has 0 bridgehead atoms. The second kappa shape index (κ2) is 9.49. The van der Waals surface area contributed by atoms with E-state index < -0.39 is 0 Å². The zero-order valence-electron chi connectivity index (χ0n) is 15.8. The summed E-state index contributed by atoms with van der Waals surface area (Å²) < 4.78 is 0. The summed E-state index contributed by atoms with van der Waals surface area (Å²) in [4.78, 5) is 30.8. The fraction of sp³-hybridized carbons (Fsp3) is 0.889. The third kappa shape index (κ3) is 5.53. The smallest absolute Gasteiger partial charge is 0.225 e. The lowest BCUT2D eigenvalue weighted by atomic mass is 10.0. The quantitative estimate of drug-likeness (QED) is 0.736. The molecule has 0 atom stereocenters. The van der Waals surface area contributed by atoms with Crippen molar-refractivity contribution in [2.45, 2.75) is 46.6 Å². The van der Waals surface area contributed by atoms with Gasteiger partial charge in [-0.25, -0.2) is 0 Å². The van der Waals surface area contributed by atoms with Gasteiger partial charge in [0.2, 0.25) is 5.91 Å². The van der Waals surface area contributed by atoms with E-state index in [1.165, 1.54) is 0 Å². The number of Topliss-reactive ketones (excluding diaryl/α,β-unsaturated/α-hetero) is 1. The first-order valence-electron chi connectivity index (χ1n) is 9.16. The third-order valence-electron chi connectivity index (χ3n) is 5.22.